The van der Waals surface area contributed by atoms with Gasteiger partial charge < -0.3 is 0 Å². The average molecular weight is 172 g/mol. The number of hydrogen-bond acceptors (Lipinski definition) is 0. The van der Waals surface area contributed by atoms with Crippen LogP contribution in [0.15, 0.2) is 61.8 Å². The third-order valence-corrected chi connectivity index (χ3v) is 2.41. The first kappa shape index (κ1) is 9.79. The molecule has 0 spiro atoms. The molecule has 1 aliphatic carbocycles. The first-order valence-electron chi connectivity index (χ1n) is 4.54. The summed E-state index contributed by atoms with van der Waals surface area (Å²) >= 11 is 0. The van der Waals surface area contributed by atoms with Crippen LogP contribution in [-0.2, 0) is 0 Å². The summed E-state index contributed by atoms with van der Waals surface area (Å²) in [6.07, 6.45) is 14.2. The molecule has 0 bridgehead atoms. The van der Waals surface area contributed by atoms with Crippen molar-refractivity contribution in [2.24, 2.45) is 5.41 Å². The number of allylic oxidation sites excluding steroid dienone is 7. The summed E-state index contributed by atoms with van der Waals surface area (Å²) in [5, 5.41) is 0. The highest BCUT2D eigenvalue weighted by Crippen LogP contribution is 2.53. The Labute approximate surface area is 80.7 Å². The Morgan fingerprint density at radius 3 is 2.15 bits per heavy atom. The monoisotopic (exact) mass is 172 g/mol. The van der Waals surface area contributed by atoms with Gasteiger partial charge in [-0.25, -0.2) is 0 Å². The highest BCUT2D eigenvalue weighted by Gasteiger charge is 2.41. The van der Waals surface area contributed by atoms with Gasteiger partial charge in [-0.05, 0) is 18.4 Å². The number of hydrogen-bond donors (Lipinski definition) is 0. The van der Waals surface area contributed by atoms with Crippen LogP contribution in [0, 0.1) is 5.41 Å². The summed E-state index contributed by atoms with van der Waals surface area (Å²) in [5.41, 5.74) is 1.40. The molecule has 0 N–H and O–H groups in total. The van der Waals surface area contributed by atoms with E-state index in [-0.39, 0.29) is 5.41 Å². The van der Waals surface area contributed by atoms with Gasteiger partial charge in [-0.1, -0.05) is 56.2 Å². The summed E-state index contributed by atoms with van der Waals surface area (Å²) < 4.78 is 0. The summed E-state index contributed by atoms with van der Waals surface area (Å²) in [7, 11) is 0. The van der Waals surface area contributed by atoms with Gasteiger partial charge in [-0.3, -0.25) is 0 Å². The molecular weight excluding hydrogens is 156 g/mol. The van der Waals surface area contributed by atoms with Crippen LogP contribution in [0.5, 0.6) is 0 Å². The van der Waals surface area contributed by atoms with Crippen molar-refractivity contribution < 1.29 is 0 Å². The highest BCUT2D eigenvalue weighted by atomic mass is 14.4. The van der Waals surface area contributed by atoms with Crippen LogP contribution in [0.4, 0.5) is 0 Å². The molecule has 0 saturated heterocycles. The molecule has 1 saturated carbocycles. The Morgan fingerprint density at radius 1 is 1.08 bits per heavy atom. The minimum Gasteiger partial charge on any atom is -0.0991 e. The van der Waals surface area contributed by atoms with E-state index in [2.05, 4.69) is 25.8 Å². The summed E-state index contributed by atoms with van der Waals surface area (Å²) in [6.45, 7) is 11.4. The first-order chi connectivity index (χ1) is 6.25. The molecule has 13 heavy (non-hydrogen) atoms. The Balaban J connectivity index is 2.64. The van der Waals surface area contributed by atoms with E-state index >= 15 is 0 Å². The second kappa shape index (κ2) is 4.08. The average Bonchev–Trinajstić information content (AvgIpc) is 2.92. The molecule has 0 aromatic carbocycles. The molecule has 0 atom stereocenters. The second-order valence-electron chi connectivity index (χ2n) is 3.37. The predicted octanol–water partition coefficient (Wildman–Crippen LogP) is 3.81. The quantitative estimate of drug-likeness (QED) is 0.553. The molecule has 0 amide bonds. The minimum atomic E-state index is 0.230. The zero-order valence-electron chi connectivity index (χ0n) is 8.00. The van der Waals surface area contributed by atoms with Crippen molar-refractivity contribution in [1.29, 1.82) is 0 Å². The SMILES string of the molecule is C=C/C=C\C(=C)C1(/C=C\C=C)CC1. The molecule has 0 nitrogen and oxygen atoms in total. The molecule has 68 valence electrons. The second-order valence-corrected chi connectivity index (χ2v) is 3.37. The smallest absolute Gasteiger partial charge is 0.0130 e. The van der Waals surface area contributed by atoms with E-state index in [0.717, 1.165) is 0 Å². The van der Waals surface area contributed by atoms with E-state index in [4.69, 9.17) is 0 Å². The summed E-state index contributed by atoms with van der Waals surface area (Å²) in [5.74, 6) is 0. The van der Waals surface area contributed by atoms with Crippen LogP contribution in [0.1, 0.15) is 12.8 Å². The molecule has 1 aliphatic rings. The van der Waals surface area contributed by atoms with Crippen molar-refractivity contribution >= 4 is 0 Å². The van der Waals surface area contributed by atoms with Gasteiger partial charge in [0.1, 0.15) is 0 Å². The van der Waals surface area contributed by atoms with Crippen molar-refractivity contribution in [3.05, 3.63) is 61.8 Å². The van der Waals surface area contributed by atoms with E-state index in [1.54, 1.807) is 6.08 Å². The van der Waals surface area contributed by atoms with Crippen molar-refractivity contribution in [3.8, 4) is 0 Å². The fourth-order valence-corrected chi connectivity index (χ4v) is 1.33. The third-order valence-electron chi connectivity index (χ3n) is 2.41. The summed E-state index contributed by atoms with van der Waals surface area (Å²) in [4.78, 5) is 0. The molecule has 0 unspecified atom stereocenters. The van der Waals surface area contributed by atoms with Crippen molar-refractivity contribution in [3.63, 3.8) is 0 Å². The molecule has 0 aromatic rings. The third kappa shape index (κ3) is 2.32. The van der Waals surface area contributed by atoms with Gasteiger partial charge in [0.05, 0.1) is 0 Å². The molecule has 1 fully saturated rings. The molecule has 0 aromatic heterocycles. The first-order valence-corrected chi connectivity index (χ1v) is 4.54. The van der Waals surface area contributed by atoms with Crippen molar-refractivity contribution in [1.82, 2.24) is 0 Å². The predicted molar refractivity (Wildman–Crippen MR) is 59.5 cm³/mol. The van der Waals surface area contributed by atoms with E-state index in [1.165, 1.54) is 18.4 Å². The Kier molecular flexibility index (Phi) is 3.07. The Bertz CT molecular complexity index is 272. The van der Waals surface area contributed by atoms with Crippen LogP contribution in [-0.4, -0.2) is 0 Å². The van der Waals surface area contributed by atoms with E-state index < -0.39 is 0 Å². The Hall–Kier alpha value is -1.30. The maximum Gasteiger partial charge on any atom is 0.0130 e. The van der Waals surface area contributed by atoms with E-state index in [0.29, 0.717) is 0 Å². The van der Waals surface area contributed by atoms with Gasteiger partial charge in [-0.2, -0.15) is 0 Å². The summed E-state index contributed by atoms with van der Waals surface area (Å²) in [6, 6.07) is 0. The van der Waals surface area contributed by atoms with Crippen LogP contribution < -0.4 is 0 Å². The van der Waals surface area contributed by atoms with Crippen LogP contribution in [0.3, 0.4) is 0 Å². The van der Waals surface area contributed by atoms with Gasteiger partial charge in [0.25, 0.3) is 0 Å². The fraction of sp³-hybridized carbons (Fsp3) is 0.231. The fourth-order valence-electron chi connectivity index (χ4n) is 1.33. The van der Waals surface area contributed by atoms with Gasteiger partial charge in [0.15, 0.2) is 0 Å². The van der Waals surface area contributed by atoms with Crippen LogP contribution >= 0.6 is 0 Å². The standard InChI is InChI=1S/C13H16/c1-4-6-8-12(3)13(10-11-13)9-7-5-2/h4-9H,1-3,10-11H2/b8-6-,9-7-. The minimum absolute atomic E-state index is 0.230. The van der Waals surface area contributed by atoms with Crippen molar-refractivity contribution in [2.75, 3.05) is 0 Å². The lowest BCUT2D eigenvalue weighted by molar-refractivity contribution is 0.814. The maximum atomic E-state index is 4.06. The van der Waals surface area contributed by atoms with E-state index in [9.17, 15) is 0 Å². The molecule has 0 heteroatoms. The van der Waals surface area contributed by atoms with Gasteiger partial charge in [0, 0.05) is 5.41 Å². The lowest BCUT2D eigenvalue weighted by Gasteiger charge is -2.08. The maximum absolute atomic E-state index is 4.06. The van der Waals surface area contributed by atoms with Crippen molar-refractivity contribution in [2.45, 2.75) is 12.8 Å². The lowest BCUT2D eigenvalue weighted by atomic mass is 9.96. The van der Waals surface area contributed by atoms with Crippen LogP contribution in [0.2, 0.25) is 0 Å². The van der Waals surface area contributed by atoms with Crippen LogP contribution in [0.25, 0.3) is 0 Å². The van der Waals surface area contributed by atoms with Gasteiger partial charge in [-0.15, -0.1) is 0 Å². The lowest BCUT2D eigenvalue weighted by Crippen LogP contribution is -1.96. The zero-order chi connectivity index (χ0) is 9.73. The Morgan fingerprint density at radius 2 is 1.69 bits per heavy atom. The van der Waals surface area contributed by atoms with E-state index in [1.807, 2.05) is 24.3 Å². The zero-order valence-corrected chi connectivity index (χ0v) is 8.00. The van der Waals surface area contributed by atoms with Gasteiger partial charge >= 0.3 is 0 Å². The molecular formula is C13H16. The number of rotatable bonds is 5. The highest BCUT2D eigenvalue weighted by molar-refractivity contribution is 5.36. The topological polar surface area (TPSA) is 0 Å². The van der Waals surface area contributed by atoms with Gasteiger partial charge in [0.2, 0.25) is 0 Å². The largest absolute Gasteiger partial charge is 0.0991 e. The molecule has 1 rings (SSSR count). The molecule has 0 heterocycles. The molecule has 0 aliphatic heterocycles. The molecule has 0 radical (unpaired) electrons. The normalized spacial score (nSPS) is 19.1.